The minimum atomic E-state index is -0.519. The molecule has 0 aromatic heterocycles. The van der Waals surface area contributed by atoms with Crippen molar-refractivity contribution in [1.29, 1.82) is 0 Å². The van der Waals surface area contributed by atoms with Gasteiger partial charge in [-0.3, -0.25) is 14.4 Å². The van der Waals surface area contributed by atoms with Crippen molar-refractivity contribution in [1.82, 2.24) is 5.32 Å². The maximum absolute atomic E-state index is 13.7. The summed E-state index contributed by atoms with van der Waals surface area (Å²) in [6.45, 7) is 4.40. The van der Waals surface area contributed by atoms with Crippen molar-refractivity contribution >= 4 is 46.9 Å². The van der Waals surface area contributed by atoms with Gasteiger partial charge in [0.15, 0.2) is 0 Å². The summed E-state index contributed by atoms with van der Waals surface area (Å²) in [6, 6.07) is 48.8. The molecular formula is C45H39N3O4S. The number of amides is 3. The van der Waals surface area contributed by atoms with E-state index >= 15 is 0 Å². The van der Waals surface area contributed by atoms with Gasteiger partial charge in [0, 0.05) is 21.8 Å². The van der Waals surface area contributed by atoms with E-state index in [-0.39, 0.29) is 11.6 Å². The van der Waals surface area contributed by atoms with Crippen molar-refractivity contribution in [3.8, 4) is 5.75 Å². The van der Waals surface area contributed by atoms with E-state index in [1.54, 1.807) is 42.5 Å². The molecule has 0 saturated heterocycles. The predicted molar refractivity (Wildman–Crippen MR) is 214 cm³/mol. The molecule has 0 aliphatic rings. The fourth-order valence-corrected chi connectivity index (χ4v) is 6.46. The van der Waals surface area contributed by atoms with Crippen LogP contribution in [0.4, 0.5) is 11.4 Å². The SMILES string of the molecule is Cc1ccc(C)c(NC(=O)C(Sc2ccc(NC(=O)/C(=C/c3ccc(OCc4ccccc4)cc3)NC(=O)c3ccccc3)cc2)c2ccccc2)c1. The second-order valence-electron chi connectivity index (χ2n) is 12.4. The van der Waals surface area contributed by atoms with E-state index in [2.05, 4.69) is 16.0 Å². The lowest BCUT2D eigenvalue weighted by Gasteiger charge is -2.18. The van der Waals surface area contributed by atoms with Gasteiger partial charge in [-0.1, -0.05) is 103 Å². The Bertz CT molecular complexity index is 2190. The summed E-state index contributed by atoms with van der Waals surface area (Å²) in [5.74, 6) is -0.352. The molecule has 7 nitrogen and oxygen atoms in total. The lowest BCUT2D eigenvalue weighted by Crippen LogP contribution is -2.30. The number of rotatable bonds is 13. The van der Waals surface area contributed by atoms with E-state index < -0.39 is 17.1 Å². The van der Waals surface area contributed by atoms with Crippen molar-refractivity contribution in [3.63, 3.8) is 0 Å². The standard InChI is InChI=1S/C45H39N3O4S/c1-31-18-19-32(2)40(28-31)47-45(51)42(35-14-8-4-9-15-35)53-39-26-22-37(23-27-39)46-44(50)41(48-43(49)36-16-10-5-11-17-36)29-33-20-24-38(25-21-33)52-30-34-12-6-3-7-13-34/h3-29,42H,30H2,1-2H3,(H,46,50)(H,47,51)(H,48,49)/b41-29-. The molecule has 264 valence electrons. The summed E-state index contributed by atoms with van der Waals surface area (Å²) in [5, 5.41) is 8.30. The molecule has 8 heteroatoms. The van der Waals surface area contributed by atoms with Crippen molar-refractivity contribution in [2.45, 2.75) is 30.6 Å². The third-order valence-corrected chi connectivity index (χ3v) is 9.59. The number of nitrogens with one attached hydrogen (secondary N) is 3. The Balaban J connectivity index is 1.17. The smallest absolute Gasteiger partial charge is 0.272 e. The van der Waals surface area contributed by atoms with E-state index in [0.29, 0.717) is 29.2 Å². The summed E-state index contributed by atoms with van der Waals surface area (Å²) in [7, 11) is 0. The Labute approximate surface area is 314 Å². The molecule has 6 aromatic carbocycles. The van der Waals surface area contributed by atoms with Crippen LogP contribution in [0.25, 0.3) is 6.08 Å². The van der Waals surface area contributed by atoms with Crippen molar-refractivity contribution in [2.75, 3.05) is 10.6 Å². The van der Waals surface area contributed by atoms with E-state index in [0.717, 1.165) is 32.8 Å². The number of hydrogen-bond donors (Lipinski definition) is 3. The fourth-order valence-electron chi connectivity index (χ4n) is 5.43. The van der Waals surface area contributed by atoms with Gasteiger partial charge in [-0.05, 0) is 102 Å². The van der Waals surface area contributed by atoms with Crippen LogP contribution in [0.1, 0.15) is 43.4 Å². The third kappa shape index (κ3) is 10.3. The molecule has 0 spiro atoms. The van der Waals surface area contributed by atoms with Gasteiger partial charge in [-0.25, -0.2) is 0 Å². The predicted octanol–water partition coefficient (Wildman–Crippen LogP) is 9.76. The maximum Gasteiger partial charge on any atom is 0.272 e. The molecule has 1 atom stereocenters. The van der Waals surface area contributed by atoms with Gasteiger partial charge in [-0.15, -0.1) is 11.8 Å². The minimum absolute atomic E-state index is 0.0718. The fraction of sp³-hybridized carbons (Fsp3) is 0.0889. The number of aryl methyl sites for hydroxylation is 2. The molecular weight excluding hydrogens is 679 g/mol. The largest absolute Gasteiger partial charge is 0.489 e. The molecule has 0 aliphatic carbocycles. The molecule has 0 radical (unpaired) electrons. The van der Waals surface area contributed by atoms with Crippen LogP contribution in [0, 0.1) is 13.8 Å². The topological polar surface area (TPSA) is 96.5 Å². The average molecular weight is 718 g/mol. The average Bonchev–Trinajstić information content (AvgIpc) is 3.19. The lowest BCUT2D eigenvalue weighted by atomic mass is 10.1. The second kappa shape index (κ2) is 17.7. The molecule has 0 fully saturated rings. The number of carbonyl (C=O) groups is 3. The molecule has 6 aromatic rings. The summed E-state index contributed by atoms with van der Waals surface area (Å²) in [4.78, 5) is 41.4. The van der Waals surface area contributed by atoms with Crippen LogP contribution in [0.5, 0.6) is 5.75 Å². The highest BCUT2D eigenvalue weighted by Crippen LogP contribution is 2.37. The first-order valence-corrected chi connectivity index (χ1v) is 18.0. The van der Waals surface area contributed by atoms with E-state index in [4.69, 9.17) is 4.74 Å². The van der Waals surface area contributed by atoms with Crippen molar-refractivity contribution in [2.24, 2.45) is 0 Å². The van der Waals surface area contributed by atoms with Gasteiger partial charge in [0.1, 0.15) is 23.3 Å². The lowest BCUT2D eigenvalue weighted by molar-refractivity contribution is -0.116. The zero-order valence-corrected chi connectivity index (χ0v) is 30.2. The van der Waals surface area contributed by atoms with Gasteiger partial charge in [-0.2, -0.15) is 0 Å². The Morgan fingerprint density at radius 1 is 0.698 bits per heavy atom. The highest BCUT2D eigenvalue weighted by atomic mass is 32.2. The van der Waals surface area contributed by atoms with Crippen LogP contribution in [0.2, 0.25) is 0 Å². The van der Waals surface area contributed by atoms with Crippen molar-refractivity contribution < 1.29 is 19.1 Å². The number of benzene rings is 6. The van der Waals surface area contributed by atoms with Gasteiger partial charge >= 0.3 is 0 Å². The van der Waals surface area contributed by atoms with Gasteiger partial charge in [0.25, 0.3) is 11.8 Å². The summed E-state index contributed by atoms with van der Waals surface area (Å²) >= 11 is 1.42. The van der Waals surface area contributed by atoms with Crippen LogP contribution in [0.15, 0.2) is 168 Å². The van der Waals surface area contributed by atoms with E-state index in [9.17, 15) is 14.4 Å². The number of anilines is 2. The van der Waals surface area contributed by atoms with Crippen LogP contribution in [-0.4, -0.2) is 17.7 Å². The number of hydrogen-bond acceptors (Lipinski definition) is 5. The molecule has 53 heavy (non-hydrogen) atoms. The molecule has 6 rings (SSSR count). The first kappa shape index (κ1) is 36.4. The molecule has 3 N–H and O–H groups in total. The normalized spacial score (nSPS) is 11.6. The number of thioether (sulfide) groups is 1. The van der Waals surface area contributed by atoms with Crippen LogP contribution >= 0.6 is 11.8 Å². The first-order valence-electron chi connectivity index (χ1n) is 17.2. The zero-order valence-electron chi connectivity index (χ0n) is 29.4. The number of ether oxygens (including phenoxy) is 1. The highest BCUT2D eigenvalue weighted by Gasteiger charge is 2.23. The van der Waals surface area contributed by atoms with E-state index in [1.807, 2.05) is 135 Å². The third-order valence-electron chi connectivity index (χ3n) is 8.33. The van der Waals surface area contributed by atoms with E-state index in [1.165, 1.54) is 11.8 Å². The Hall–Kier alpha value is -6.38. The second-order valence-corrected chi connectivity index (χ2v) is 13.6. The molecule has 0 aliphatic heterocycles. The minimum Gasteiger partial charge on any atom is -0.489 e. The molecule has 0 bridgehead atoms. The van der Waals surface area contributed by atoms with Crippen LogP contribution < -0.4 is 20.7 Å². The molecule has 1 unspecified atom stereocenters. The monoisotopic (exact) mass is 717 g/mol. The first-order chi connectivity index (χ1) is 25.8. The highest BCUT2D eigenvalue weighted by molar-refractivity contribution is 8.00. The zero-order chi connectivity index (χ0) is 37.0. The molecule has 3 amide bonds. The maximum atomic E-state index is 13.7. The van der Waals surface area contributed by atoms with Gasteiger partial charge in [0.05, 0.1) is 0 Å². The Kier molecular flexibility index (Phi) is 12.2. The quantitative estimate of drug-likeness (QED) is 0.0817. The molecule has 0 heterocycles. The van der Waals surface area contributed by atoms with Crippen LogP contribution in [-0.2, 0) is 16.2 Å². The van der Waals surface area contributed by atoms with Crippen molar-refractivity contribution in [3.05, 3.63) is 197 Å². The summed E-state index contributed by atoms with van der Waals surface area (Å²) in [5.41, 5.74) is 6.48. The van der Waals surface area contributed by atoms with Gasteiger partial charge < -0.3 is 20.7 Å². The number of carbonyl (C=O) groups excluding carboxylic acids is 3. The van der Waals surface area contributed by atoms with Crippen LogP contribution in [0.3, 0.4) is 0 Å². The summed E-state index contributed by atoms with van der Waals surface area (Å²) in [6.07, 6.45) is 1.63. The molecule has 0 saturated carbocycles. The summed E-state index contributed by atoms with van der Waals surface area (Å²) < 4.78 is 5.91. The Morgan fingerprint density at radius 3 is 2.02 bits per heavy atom. The van der Waals surface area contributed by atoms with Gasteiger partial charge in [0.2, 0.25) is 5.91 Å². The Morgan fingerprint density at radius 2 is 1.34 bits per heavy atom.